The number of imide groups is 1. The van der Waals surface area contributed by atoms with E-state index in [2.05, 4.69) is 36.9 Å². The molecule has 0 aromatic carbocycles. The molecule has 1 fully saturated rings. The summed E-state index contributed by atoms with van der Waals surface area (Å²) in [4.78, 5) is 51.5. The van der Waals surface area contributed by atoms with Crippen molar-refractivity contribution in [3.63, 3.8) is 0 Å². The van der Waals surface area contributed by atoms with E-state index in [1.807, 2.05) is 6.07 Å². The Hall–Kier alpha value is -2.42. The largest absolute Gasteiger partial charge is 0.325 e. The van der Waals surface area contributed by atoms with E-state index in [0.717, 1.165) is 24.2 Å². The van der Waals surface area contributed by atoms with Gasteiger partial charge in [-0.05, 0) is 62.5 Å². The molecule has 1 unspecified atom stereocenters. The zero-order valence-corrected chi connectivity index (χ0v) is 19.7. The first-order valence-electron chi connectivity index (χ1n) is 10.7. The minimum Gasteiger partial charge on any atom is -0.324 e. The smallest absolute Gasteiger partial charge is 0.324 e. The van der Waals surface area contributed by atoms with E-state index in [4.69, 9.17) is 0 Å². The monoisotopic (exact) mass is 448 g/mol. The highest BCUT2D eigenvalue weighted by Gasteiger charge is 2.43. The highest BCUT2D eigenvalue weighted by atomic mass is 32.1. The number of carbonyl (C=O) groups is 4. The third-order valence-electron chi connectivity index (χ3n) is 6.08. The second-order valence-corrected chi connectivity index (χ2v) is 11.1. The summed E-state index contributed by atoms with van der Waals surface area (Å²) < 4.78 is 0. The fraction of sp³-hybridized carbons (Fsp3) is 0.636. The van der Waals surface area contributed by atoms with Crippen LogP contribution >= 0.6 is 11.3 Å². The van der Waals surface area contributed by atoms with Crippen LogP contribution in [0.1, 0.15) is 74.0 Å². The Morgan fingerprint density at radius 2 is 1.97 bits per heavy atom. The molecule has 8 nitrogen and oxygen atoms in total. The van der Waals surface area contributed by atoms with Gasteiger partial charge in [-0.3, -0.25) is 30.1 Å². The average Bonchev–Trinajstić information content (AvgIpc) is 3.18. The summed E-state index contributed by atoms with van der Waals surface area (Å²) in [5, 5.41) is 2.60. The summed E-state index contributed by atoms with van der Waals surface area (Å²) >= 11 is 1.49. The molecule has 2 heterocycles. The van der Waals surface area contributed by atoms with Gasteiger partial charge in [-0.2, -0.15) is 0 Å². The molecule has 1 aliphatic heterocycles. The Labute approximate surface area is 187 Å². The zero-order chi connectivity index (χ0) is 23.0. The molecule has 9 heteroatoms. The maximum Gasteiger partial charge on any atom is 0.325 e. The Kier molecular flexibility index (Phi) is 6.45. The topological polar surface area (TPSA) is 108 Å². The predicted molar refractivity (Wildman–Crippen MR) is 118 cm³/mol. The fourth-order valence-electron chi connectivity index (χ4n) is 4.04. The second-order valence-electron chi connectivity index (χ2n) is 9.98. The van der Waals surface area contributed by atoms with Gasteiger partial charge in [0.25, 0.3) is 11.8 Å². The number of thiophene rings is 1. The van der Waals surface area contributed by atoms with Gasteiger partial charge in [0.05, 0.1) is 4.88 Å². The highest BCUT2D eigenvalue weighted by Crippen LogP contribution is 2.40. The molecule has 2 aliphatic rings. The van der Waals surface area contributed by atoms with Gasteiger partial charge >= 0.3 is 6.03 Å². The lowest BCUT2D eigenvalue weighted by molar-refractivity contribution is -0.130. The van der Waals surface area contributed by atoms with Crippen molar-refractivity contribution >= 4 is 35.1 Å². The molecular weight excluding hydrogens is 416 g/mol. The van der Waals surface area contributed by atoms with E-state index in [9.17, 15) is 19.2 Å². The Bertz CT molecular complexity index is 900. The quantitative estimate of drug-likeness (QED) is 0.475. The van der Waals surface area contributed by atoms with E-state index >= 15 is 0 Å². The molecule has 3 N–H and O–H groups in total. The lowest BCUT2D eigenvalue weighted by Crippen LogP contribution is -2.42. The number of urea groups is 1. The summed E-state index contributed by atoms with van der Waals surface area (Å²) in [7, 11) is 0. The van der Waals surface area contributed by atoms with Crippen molar-refractivity contribution in [2.45, 2.75) is 72.3 Å². The molecule has 3 rings (SSSR count). The molecule has 0 radical (unpaired) electrons. The van der Waals surface area contributed by atoms with E-state index in [0.29, 0.717) is 17.2 Å². The van der Waals surface area contributed by atoms with Crippen LogP contribution in [0.3, 0.4) is 0 Å². The van der Waals surface area contributed by atoms with Crippen LogP contribution in [0.25, 0.3) is 0 Å². The molecule has 5 amide bonds. The Morgan fingerprint density at radius 1 is 1.26 bits per heavy atom. The number of hydrogen-bond acceptors (Lipinski definition) is 5. The van der Waals surface area contributed by atoms with Crippen LogP contribution in [0, 0.1) is 11.3 Å². The van der Waals surface area contributed by atoms with Crippen molar-refractivity contribution in [1.82, 2.24) is 21.1 Å². The number of hydrogen-bond donors (Lipinski definition) is 3. The first-order chi connectivity index (χ1) is 14.4. The van der Waals surface area contributed by atoms with Gasteiger partial charge < -0.3 is 5.32 Å². The molecule has 1 aromatic rings. The lowest BCUT2D eigenvalue weighted by atomic mass is 9.72. The van der Waals surface area contributed by atoms with E-state index in [1.165, 1.54) is 21.8 Å². The molecule has 0 bridgehead atoms. The number of fused-ring (bicyclic) bond motifs is 1. The summed E-state index contributed by atoms with van der Waals surface area (Å²) in [6, 6.07) is 1.50. The second kappa shape index (κ2) is 8.61. The molecule has 1 aromatic heterocycles. The SMILES string of the molecule is CC1(C)NC(=O)N(CCCC(=O)NNC(=O)c2cc3c(s2)CCC(C(C)(C)C)C3)C1=O. The minimum absolute atomic E-state index is 0.0893. The van der Waals surface area contributed by atoms with E-state index < -0.39 is 11.6 Å². The van der Waals surface area contributed by atoms with E-state index in [-0.39, 0.29) is 36.1 Å². The predicted octanol–water partition coefficient (Wildman–Crippen LogP) is 2.77. The molecule has 0 saturated carbocycles. The molecule has 170 valence electrons. The van der Waals surface area contributed by atoms with Crippen molar-refractivity contribution in [3.05, 3.63) is 21.4 Å². The number of hydrazine groups is 1. The van der Waals surface area contributed by atoms with Crippen LogP contribution in [-0.2, 0) is 22.4 Å². The average molecular weight is 449 g/mol. The molecule has 1 aliphatic carbocycles. The Balaban J connectivity index is 1.44. The molecule has 0 spiro atoms. The summed E-state index contributed by atoms with van der Waals surface area (Å²) in [6.45, 7) is 10.2. The number of amides is 5. The van der Waals surface area contributed by atoms with Gasteiger partial charge in [0, 0.05) is 17.8 Å². The summed E-state index contributed by atoms with van der Waals surface area (Å²) in [5.41, 5.74) is 5.46. The summed E-state index contributed by atoms with van der Waals surface area (Å²) in [5.74, 6) is -0.397. The standard InChI is InChI=1S/C22H32N4O4S/c1-21(2,3)14-8-9-15-13(11-14)12-16(31-15)18(28)25-24-17(27)7-6-10-26-19(29)22(4,5)23-20(26)30/h12,14H,6-11H2,1-5H3,(H,23,30)(H,24,27)(H,25,28). The zero-order valence-electron chi connectivity index (χ0n) is 18.9. The van der Waals surface area contributed by atoms with Crippen molar-refractivity contribution in [1.29, 1.82) is 0 Å². The summed E-state index contributed by atoms with van der Waals surface area (Å²) in [6.07, 6.45) is 3.50. The van der Waals surface area contributed by atoms with Gasteiger partial charge in [0.1, 0.15) is 5.54 Å². The molecular formula is C22H32N4O4S. The van der Waals surface area contributed by atoms with Crippen LogP contribution in [0.4, 0.5) is 4.79 Å². The molecule has 1 atom stereocenters. The van der Waals surface area contributed by atoms with Gasteiger partial charge in [0.15, 0.2) is 0 Å². The number of carbonyl (C=O) groups excluding carboxylic acids is 4. The number of nitrogens with one attached hydrogen (secondary N) is 3. The van der Waals surface area contributed by atoms with Crippen LogP contribution in [0.5, 0.6) is 0 Å². The molecule has 1 saturated heterocycles. The number of nitrogens with zero attached hydrogens (tertiary/aromatic N) is 1. The lowest BCUT2D eigenvalue weighted by Gasteiger charge is -2.33. The molecule has 31 heavy (non-hydrogen) atoms. The first-order valence-corrected chi connectivity index (χ1v) is 11.5. The van der Waals surface area contributed by atoms with E-state index in [1.54, 1.807) is 13.8 Å². The van der Waals surface area contributed by atoms with Gasteiger partial charge in [-0.1, -0.05) is 20.8 Å². The third-order valence-corrected chi connectivity index (χ3v) is 7.31. The van der Waals surface area contributed by atoms with Crippen LogP contribution in [0.15, 0.2) is 6.07 Å². The highest BCUT2D eigenvalue weighted by molar-refractivity contribution is 7.14. The van der Waals surface area contributed by atoms with Gasteiger partial charge in [-0.25, -0.2) is 4.79 Å². The van der Waals surface area contributed by atoms with Crippen LogP contribution < -0.4 is 16.2 Å². The van der Waals surface area contributed by atoms with Crippen LogP contribution in [0.2, 0.25) is 0 Å². The third kappa shape index (κ3) is 5.26. The van der Waals surface area contributed by atoms with Crippen molar-refractivity contribution in [3.8, 4) is 0 Å². The maximum atomic E-state index is 12.5. The van der Waals surface area contributed by atoms with Crippen molar-refractivity contribution < 1.29 is 19.2 Å². The van der Waals surface area contributed by atoms with Gasteiger partial charge in [0.2, 0.25) is 5.91 Å². The van der Waals surface area contributed by atoms with Crippen LogP contribution in [-0.4, -0.2) is 40.7 Å². The van der Waals surface area contributed by atoms with Crippen molar-refractivity contribution in [2.75, 3.05) is 6.54 Å². The van der Waals surface area contributed by atoms with Crippen molar-refractivity contribution in [2.24, 2.45) is 11.3 Å². The van der Waals surface area contributed by atoms with Gasteiger partial charge in [-0.15, -0.1) is 11.3 Å². The normalized spacial score (nSPS) is 20.3. The fourth-order valence-corrected chi connectivity index (χ4v) is 5.15. The minimum atomic E-state index is -0.917. The maximum absolute atomic E-state index is 12.5. The number of aryl methyl sites for hydroxylation is 1. The number of rotatable bonds is 5. The Morgan fingerprint density at radius 3 is 2.58 bits per heavy atom. The first kappa shape index (κ1) is 23.2.